The molecule has 1 saturated heterocycles. The van der Waals surface area contributed by atoms with E-state index in [2.05, 4.69) is 15.2 Å². The molecular weight excluding hydrogens is 356 g/mol. The number of nitrogens with zero attached hydrogens (tertiary/aromatic N) is 5. The summed E-state index contributed by atoms with van der Waals surface area (Å²) in [4.78, 5) is 30.9. The fourth-order valence-corrected chi connectivity index (χ4v) is 4.23. The summed E-state index contributed by atoms with van der Waals surface area (Å²) in [7, 11) is 1.92. The maximum Gasteiger partial charge on any atom is 0.266 e. The number of hydrogen-bond donors (Lipinski definition) is 1. The molecule has 0 bridgehead atoms. The highest BCUT2D eigenvalue weighted by Gasteiger charge is 2.25. The summed E-state index contributed by atoms with van der Waals surface area (Å²) in [5.41, 5.74) is 4.48. The van der Waals surface area contributed by atoms with Gasteiger partial charge in [-0.15, -0.1) is 0 Å². The summed E-state index contributed by atoms with van der Waals surface area (Å²) in [5, 5.41) is 7.03. The average Bonchev–Trinajstić information content (AvgIpc) is 3.26. The van der Waals surface area contributed by atoms with Crippen molar-refractivity contribution in [3.63, 3.8) is 0 Å². The number of aryl methyl sites for hydroxylation is 3. The van der Waals surface area contributed by atoms with Crippen molar-refractivity contribution in [3.05, 3.63) is 51.3 Å². The average molecular weight is 382 g/mol. The number of likely N-dealkylation sites (tertiary alicyclic amines) is 1. The molecule has 0 spiro atoms. The largest absolute Gasteiger partial charge is 0.342 e. The number of piperidine rings is 1. The highest BCUT2D eigenvalue weighted by molar-refractivity contribution is 5.76. The minimum atomic E-state index is -0.169. The Morgan fingerprint density at radius 3 is 2.93 bits per heavy atom. The first-order chi connectivity index (χ1) is 13.4. The molecule has 1 fully saturated rings. The zero-order valence-corrected chi connectivity index (χ0v) is 16.6. The van der Waals surface area contributed by atoms with Crippen LogP contribution >= 0.6 is 0 Å². The van der Waals surface area contributed by atoms with Gasteiger partial charge in [0.05, 0.1) is 6.20 Å². The maximum atomic E-state index is 12.9. The SMILES string of the molecule is Cc1nc2cc(=O)[nH]n2c(C)c1CCC(=O)N1CCCC(c2cnn(C)c2)C1. The Morgan fingerprint density at radius 2 is 2.18 bits per heavy atom. The Kier molecular flexibility index (Phi) is 4.78. The molecule has 4 rings (SSSR count). The van der Waals surface area contributed by atoms with Gasteiger partial charge in [-0.1, -0.05) is 0 Å². The molecule has 0 radical (unpaired) electrons. The van der Waals surface area contributed by atoms with Gasteiger partial charge in [0.25, 0.3) is 5.56 Å². The van der Waals surface area contributed by atoms with Crippen molar-refractivity contribution < 1.29 is 4.79 Å². The van der Waals surface area contributed by atoms with Crippen LogP contribution in [-0.2, 0) is 18.3 Å². The number of aromatic nitrogens is 5. The molecule has 4 heterocycles. The number of carbonyl (C=O) groups excluding carboxylic acids is 1. The number of hydrogen-bond acceptors (Lipinski definition) is 4. The zero-order chi connectivity index (χ0) is 19.8. The van der Waals surface area contributed by atoms with Crippen LogP contribution in [0, 0.1) is 13.8 Å². The van der Waals surface area contributed by atoms with Crippen LogP contribution in [0.2, 0.25) is 0 Å². The standard InChI is InChI=1S/C20H26N6O2/c1-13-17(14(2)26-18(22-13)9-19(27)23-26)6-7-20(28)25-8-4-5-15(12-25)16-10-21-24(3)11-16/h9-11,15H,4-8,12H2,1-3H3,(H,23,27). The second kappa shape index (κ2) is 7.26. The molecule has 1 aliphatic rings. The first-order valence-corrected chi connectivity index (χ1v) is 9.76. The summed E-state index contributed by atoms with van der Waals surface area (Å²) >= 11 is 0. The fourth-order valence-electron chi connectivity index (χ4n) is 4.23. The van der Waals surface area contributed by atoms with E-state index < -0.39 is 0 Å². The van der Waals surface area contributed by atoms with Crippen LogP contribution < -0.4 is 5.56 Å². The van der Waals surface area contributed by atoms with E-state index in [9.17, 15) is 9.59 Å². The van der Waals surface area contributed by atoms with Crippen LogP contribution in [0.25, 0.3) is 5.65 Å². The molecule has 3 aromatic rings. The third-order valence-electron chi connectivity index (χ3n) is 5.76. The van der Waals surface area contributed by atoms with E-state index >= 15 is 0 Å². The van der Waals surface area contributed by atoms with Crippen LogP contribution in [0.1, 0.15) is 47.7 Å². The van der Waals surface area contributed by atoms with Gasteiger partial charge in [0.15, 0.2) is 5.65 Å². The highest BCUT2D eigenvalue weighted by atomic mass is 16.2. The van der Waals surface area contributed by atoms with Gasteiger partial charge in [-0.25, -0.2) is 9.50 Å². The first-order valence-electron chi connectivity index (χ1n) is 9.76. The number of nitrogens with one attached hydrogen (secondary N) is 1. The Labute approximate surface area is 163 Å². The van der Waals surface area contributed by atoms with Crippen molar-refractivity contribution in [2.24, 2.45) is 7.05 Å². The molecule has 8 heteroatoms. The lowest BCUT2D eigenvalue weighted by atomic mass is 9.92. The number of rotatable bonds is 4. The Bertz CT molecular complexity index is 1080. The molecule has 1 unspecified atom stereocenters. The topological polar surface area (TPSA) is 88.3 Å². The molecule has 3 aromatic heterocycles. The molecule has 0 aromatic carbocycles. The second-order valence-electron chi connectivity index (χ2n) is 7.70. The smallest absolute Gasteiger partial charge is 0.266 e. The van der Waals surface area contributed by atoms with Crippen LogP contribution in [0.3, 0.4) is 0 Å². The molecule has 148 valence electrons. The molecule has 1 N–H and O–H groups in total. The van der Waals surface area contributed by atoms with Crippen LogP contribution in [0.15, 0.2) is 23.3 Å². The summed E-state index contributed by atoms with van der Waals surface area (Å²) in [5.74, 6) is 0.534. The summed E-state index contributed by atoms with van der Waals surface area (Å²) in [6.45, 7) is 5.46. The Hall–Kier alpha value is -2.90. The van der Waals surface area contributed by atoms with Gasteiger partial charge >= 0.3 is 0 Å². The van der Waals surface area contributed by atoms with Crippen molar-refractivity contribution in [3.8, 4) is 0 Å². The Balaban J connectivity index is 1.45. The summed E-state index contributed by atoms with van der Waals surface area (Å²) in [6, 6.07) is 1.49. The van der Waals surface area contributed by atoms with E-state index in [1.165, 1.54) is 11.6 Å². The van der Waals surface area contributed by atoms with Crippen molar-refractivity contribution in [2.75, 3.05) is 13.1 Å². The third-order valence-corrected chi connectivity index (χ3v) is 5.76. The maximum absolute atomic E-state index is 12.9. The summed E-state index contributed by atoms with van der Waals surface area (Å²) in [6.07, 6.45) is 7.12. The van der Waals surface area contributed by atoms with E-state index in [1.54, 1.807) is 4.52 Å². The number of amides is 1. The number of aromatic amines is 1. The lowest BCUT2D eigenvalue weighted by Crippen LogP contribution is -2.39. The van der Waals surface area contributed by atoms with Crippen molar-refractivity contribution >= 4 is 11.6 Å². The molecule has 28 heavy (non-hydrogen) atoms. The molecule has 8 nitrogen and oxygen atoms in total. The van der Waals surface area contributed by atoms with Crippen molar-refractivity contribution in [1.29, 1.82) is 0 Å². The van der Waals surface area contributed by atoms with Gasteiger partial charge in [-0.2, -0.15) is 5.10 Å². The Morgan fingerprint density at radius 1 is 1.36 bits per heavy atom. The third kappa shape index (κ3) is 3.46. The fraction of sp³-hybridized carbons (Fsp3) is 0.500. The molecule has 0 saturated carbocycles. The van der Waals surface area contributed by atoms with Gasteiger partial charge in [0.1, 0.15) is 0 Å². The van der Waals surface area contributed by atoms with E-state index in [0.717, 1.165) is 42.9 Å². The number of H-pyrrole nitrogens is 1. The van der Waals surface area contributed by atoms with Crippen LogP contribution in [-0.4, -0.2) is 48.3 Å². The minimum Gasteiger partial charge on any atom is -0.342 e. The van der Waals surface area contributed by atoms with Gasteiger partial charge in [-0.05, 0) is 44.2 Å². The minimum absolute atomic E-state index is 0.169. The normalized spacial score (nSPS) is 17.4. The predicted molar refractivity (Wildman–Crippen MR) is 105 cm³/mol. The van der Waals surface area contributed by atoms with Crippen LogP contribution in [0.5, 0.6) is 0 Å². The van der Waals surface area contributed by atoms with E-state index in [-0.39, 0.29) is 11.5 Å². The van der Waals surface area contributed by atoms with Gasteiger partial charge in [0, 0.05) is 56.1 Å². The lowest BCUT2D eigenvalue weighted by Gasteiger charge is -2.32. The van der Waals surface area contributed by atoms with Gasteiger partial charge in [0.2, 0.25) is 5.91 Å². The second-order valence-corrected chi connectivity index (χ2v) is 7.70. The molecular formula is C20H26N6O2. The van der Waals surface area contributed by atoms with E-state index in [4.69, 9.17) is 0 Å². The first kappa shape index (κ1) is 18.5. The lowest BCUT2D eigenvalue weighted by molar-refractivity contribution is -0.132. The molecule has 1 amide bonds. The number of carbonyl (C=O) groups is 1. The van der Waals surface area contributed by atoms with Gasteiger partial charge in [-0.3, -0.25) is 19.4 Å². The van der Waals surface area contributed by atoms with Crippen molar-refractivity contribution in [2.45, 2.75) is 45.4 Å². The van der Waals surface area contributed by atoms with E-state index in [1.807, 2.05) is 42.9 Å². The molecule has 1 atom stereocenters. The molecule has 0 aliphatic carbocycles. The van der Waals surface area contributed by atoms with E-state index in [0.29, 0.717) is 24.4 Å². The van der Waals surface area contributed by atoms with Gasteiger partial charge < -0.3 is 4.90 Å². The van der Waals surface area contributed by atoms with Crippen LogP contribution in [0.4, 0.5) is 0 Å². The molecule has 1 aliphatic heterocycles. The monoisotopic (exact) mass is 382 g/mol. The highest BCUT2D eigenvalue weighted by Crippen LogP contribution is 2.27. The summed E-state index contributed by atoms with van der Waals surface area (Å²) < 4.78 is 3.52. The quantitative estimate of drug-likeness (QED) is 0.744. The predicted octanol–water partition coefficient (Wildman–Crippen LogP) is 1.71. The zero-order valence-electron chi connectivity index (χ0n) is 16.6. The number of fused-ring (bicyclic) bond motifs is 1. The van der Waals surface area contributed by atoms with Crippen molar-refractivity contribution in [1.82, 2.24) is 29.3 Å².